The Balaban J connectivity index is 0.000000204. The second-order valence-corrected chi connectivity index (χ2v) is 13.0. The summed E-state index contributed by atoms with van der Waals surface area (Å²) in [5.41, 5.74) is -4.03. The fourth-order valence-corrected chi connectivity index (χ4v) is 6.56. The van der Waals surface area contributed by atoms with E-state index in [-0.39, 0.29) is 0 Å². The minimum Gasteiger partial charge on any atom is -0.863 e. The van der Waals surface area contributed by atoms with Crippen LogP contribution in [-0.4, -0.2) is 60.8 Å². The number of aromatic nitrogens is 2. The number of nitro benzene ring substituents is 6. The number of H-pyrrole nitrogens is 1. The van der Waals surface area contributed by atoms with E-state index in [1.165, 1.54) is 53.6 Å². The second-order valence-electron chi connectivity index (χ2n) is 12.0. The van der Waals surface area contributed by atoms with Gasteiger partial charge in [-0.25, -0.2) is 9.55 Å². The average Bonchev–Trinajstić information content (AvgIpc) is 3.82. The molecule has 2 N–H and O–H groups in total. The molecule has 1 aliphatic rings. The summed E-state index contributed by atoms with van der Waals surface area (Å²) in [6, 6.07) is 18.5. The molecule has 1 aliphatic heterocycles. The van der Waals surface area contributed by atoms with E-state index in [2.05, 4.69) is 45.9 Å². The molecule has 5 aromatic rings. The Bertz CT molecular complexity index is 2210. The zero-order valence-electron chi connectivity index (χ0n) is 30.0. The number of likely N-dealkylation sites (tertiary alicyclic amines) is 1. The van der Waals surface area contributed by atoms with Crippen molar-refractivity contribution >= 4 is 56.9 Å². The lowest BCUT2D eigenvalue weighted by molar-refractivity contribution is -0.909. The van der Waals surface area contributed by atoms with Gasteiger partial charge in [-0.1, -0.05) is 12.1 Å². The number of hydrogen-bond donors (Lipinski definition) is 2. The molecule has 6 rings (SSSR count). The second kappa shape index (κ2) is 19.4. The van der Waals surface area contributed by atoms with Gasteiger partial charge >= 0.3 is 5.16 Å². The highest BCUT2D eigenvalue weighted by molar-refractivity contribution is 7.99. The predicted molar refractivity (Wildman–Crippen MR) is 197 cm³/mol. The number of nitrogens with zero attached hydrogens (tertiary/aromatic N) is 7. The van der Waals surface area contributed by atoms with Crippen molar-refractivity contribution in [3.05, 3.63) is 133 Å². The van der Waals surface area contributed by atoms with Gasteiger partial charge < -0.3 is 19.8 Å². The van der Waals surface area contributed by atoms with Crippen LogP contribution in [0.4, 0.5) is 34.1 Å². The minimum atomic E-state index is -1.46. The van der Waals surface area contributed by atoms with Crippen LogP contribution in [0.15, 0.2) is 82.8 Å². The summed E-state index contributed by atoms with van der Waals surface area (Å²) in [6.45, 7) is 7.61. The number of non-ortho nitro benzene ring substituents is 2. The molecule has 0 saturated carbocycles. The number of para-hydroxylation sites is 2. The van der Waals surface area contributed by atoms with Crippen molar-refractivity contribution in [2.75, 3.05) is 26.2 Å². The molecule has 0 aliphatic carbocycles. The number of imidazole rings is 1. The Labute approximate surface area is 328 Å². The fraction of sp³-hybridized carbons (Fsp3) is 0.242. The maximum Gasteiger partial charge on any atom is 0.321 e. The van der Waals surface area contributed by atoms with Crippen LogP contribution in [0, 0.1) is 60.7 Å². The lowest BCUT2D eigenvalue weighted by Gasteiger charge is -2.11. The average molecular weight is 826 g/mol. The quantitative estimate of drug-likeness (QED) is 0.0971. The molecule has 0 radical (unpaired) electrons. The van der Waals surface area contributed by atoms with E-state index in [4.69, 9.17) is 4.74 Å². The number of ether oxygens (including phenoxy) is 1. The van der Waals surface area contributed by atoms with Crippen molar-refractivity contribution in [1.29, 1.82) is 0 Å². The Hall–Kier alpha value is -7.54. The molecule has 24 nitrogen and oxygen atoms in total. The first-order valence-electron chi connectivity index (χ1n) is 16.8. The number of nitro groups is 6. The molecule has 0 unspecified atom stereocenters. The van der Waals surface area contributed by atoms with Gasteiger partial charge in [0.25, 0.3) is 34.1 Å². The van der Waals surface area contributed by atoms with Crippen LogP contribution in [0.2, 0.25) is 0 Å². The van der Waals surface area contributed by atoms with Gasteiger partial charge in [0.05, 0.1) is 85.0 Å². The number of aromatic amines is 1. The van der Waals surface area contributed by atoms with E-state index in [0.717, 1.165) is 12.3 Å². The molecule has 2 heterocycles. The van der Waals surface area contributed by atoms with Crippen molar-refractivity contribution in [1.82, 2.24) is 4.98 Å². The van der Waals surface area contributed by atoms with Crippen molar-refractivity contribution < 1.29 is 54.0 Å². The number of benzene rings is 4. The van der Waals surface area contributed by atoms with Gasteiger partial charge in [-0.2, -0.15) is 0 Å². The molecule has 304 valence electrons. The number of fused-ring (bicyclic) bond motifs is 1. The van der Waals surface area contributed by atoms with Crippen LogP contribution in [0.1, 0.15) is 19.8 Å². The Morgan fingerprint density at radius 3 is 1.53 bits per heavy atom. The third-order valence-corrected chi connectivity index (χ3v) is 9.33. The lowest BCUT2D eigenvalue weighted by atomic mass is 10.2. The monoisotopic (exact) mass is 825 g/mol. The summed E-state index contributed by atoms with van der Waals surface area (Å²) in [5.74, 6) is -1.99. The molecule has 0 amide bonds. The third kappa shape index (κ3) is 10.8. The normalized spacial score (nSPS) is 12.1. The van der Waals surface area contributed by atoms with Gasteiger partial charge in [0.2, 0.25) is 0 Å². The maximum absolute atomic E-state index is 11.1. The van der Waals surface area contributed by atoms with Crippen LogP contribution in [0.5, 0.6) is 17.2 Å². The molecule has 1 saturated heterocycles. The topological polar surface area (TPSA) is 338 Å². The SMILES string of the molecule is CCOc1ccc(Sc2[nH]c3ccccc3[n+]2CC[NH+]2CCCC2)cc1.O=[N+]([O-])c1cc([N+](=O)[O-])c([O-])c([N+](=O)[O-])c1.O=[N+]([O-])c1cc([N+](=O)[O-])c([O-])c([N+](=O)[O-])c1. The van der Waals surface area contributed by atoms with Crippen LogP contribution >= 0.6 is 11.8 Å². The highest BCUT2D eigenvalue weighted by Crippen LogP contribution is 2.38. The van der Waals surface area contributed by atoms with Crippen molar-refractivity contribution in [2.24, 2.45) is 0 Å². The van der Waals surface area contributed by atoms with Gasteiger partial charge in [-0.3, -0.25) is 60.7 Å². The van der Waals surface area contributed by atoms with E-state index < -0.39 is 75.2 Å². The van der Waals surface area contributed by atoms with E-state index in [9.17, 15) is 70.9 Å². The zero-order valence-corrected chi connectivity index (χ0v) is 30.9. The van der Waals surface area contributed by atoms with Gasteiger partial charge in [0.1, 0.15) is 18.8 Å². The highest BCUT2D eigenvalue weighted by Gasteiger charge is 2.26. The number of nitrogens with one attached hydrogen (secondary N) is 2. The Kier molecular flexibility index (Phi) is 14.4. The first-order chi connectivity index (χ1) is 27.5. The largest absolute Gasteiger partial charge is 0.863 e. The summed E-state index contributed by atoms with van der Waals surface area (Å²) in [4.78, 5) is 61.6. The summed E-state index contributed by atoms with van der Waals surface area (Å²) < 4.78 is 8.00. The smallest absolute Gasteiger partial charge is 0.321 e. The summed E-state index contributed by atoms with van der Waals surface area (Å²) in [6.07, 6.45) is 2.75. The van der Waals surface area contributed by atoms with Crippen molar-refractivity contribution in [2.45, 2.75) is 36.4 Å². The molecule has 58 heavy (non-hydrogen) atoms. The van der Waals surface area contributed by atoms with E-state index >= 15 is 0 Å². The molecule has 1 fully saturated rings. The summed E-state index contributed by atoms with van der Waals surface area (Å²) in [7, 11) is 0. The molecular formula is C33H31N9O15S. The molecule has 25 heteroatoms. The number of rotatable bonds is 13. The Morgan fingerprint density at radius 2 is 1.12 bits per heavy atom. The molecule has 0 atom stereocenters. The fourth-order valence-electron chi connectivity index (χ4n) is 5.61. The van der Waals surface area contributed by atoms with Crippen LogP contribution < -0.4 is 24.4 Å². The molecular weight excluding hydrogens is 794 g/mol. The van der Waals surface area contributed by atoms with Crippen molar-refractivity contribution in [3.63, 3.8) is 0 Å². The molecule has 1 aromatic heterocycles. The first kappa shape index (κ1) is 43.2. The van der Waals surface area contributed by atoms with Gasteiger partial charge in [-0.15, -0.1) is 0 Å². The lowest BCUT2D eigenvalue weighted by Crippen LogP contribution is -3.10. The molecule has 4 aromatic carbocycles. The molecule has 0 bridgehead atoms. The molecule has 0 spiro atoms. The first-order valence-corrected chi connectivity index (χ1v) is 17.6. The highest BCUT2D eigenvalue weighted by atomic mass is 32.2. The van der Waals surface area contributed by atoms with Gasteiger partial charge in [0.15, 0.2) is 11.0 Å². The van der Waals surface area contributed by atoms with Crippen LogP contribution in [-0.2, 0) is 6.54 Å². The predicted octanol–water partition coefficient (Wildman–Crippen LogP) is 3.65. The minimum absolute atomic E-state index is 0.384. The Morgan fingerprint density at radius 1 is 0.672 bits per heavy atom. The number of quaternary nitrogens is 1. The third-order valence-electron chi connectivity index (χ3n) is 8.31. The van der Waals surface area contributed by atoms with E-state index in [1.54, 1.807) is 16.7 Å². The van der Waals surface area contributed by atoms with Crippen LogP contribution in [0.25, 0.3) is 11.0 Å². The van der Waals surface area contributed by atoms with Gasteiger partial charge in [0, 0.05) is 17.7 Å². The van der Waals surface area contributed by atoms with Crippen molar-refractivity contribution in [3.8, 4) is 17.2 Å². The van der Waals surface area contributed by atoms with E-state index in [1.807, 2.05) is 19.1 Å². The van der Waals surface area contributed by atoms with Gasteiger partial charge in [-0.05, 0) is 55.1 Å². The summed E-state index contributed by atoms with van der Waals surface area (Å²) >= 11 is 1.79. The standard InChI is InChI=1S/C21H25N3OS.2C6H3N3O7/c1-2-25-17-9-11-18(12-10-17)26-21-22-19-7-3-4-8-20(19)24(21)16-15-23-13-5-6-14-23;2*10-6-4(8(13)14)1-3(7(11)12)2-5(6)9(15)16/h3-4,7-12H,2,5-6,13-16H2,1H3;2*1-2,10H. The van der Waals surface area contributed by atoms with E-state index in [0.29, 0.717) is 30.9 Å². The van der Waals surface area contributed by atoms with Crippen LogP contribution in [0.3, 0.4) is 0 Å². The maximum atomic E-state index is 11.1. The summed E-state index contributed by atoms with van der Waals surface area (Å²) in [5, 5.41) is 85.4. The number of hydrogen-bond acceptors (Lipinski definition) is 16. The zero-order chi connectivity index (χ0) is 42.7.